The molecule has 7 heteroatoms. The molecule has 3 heterocycles. The molecule has 4 rings (SSSR count). The molecule has 0 saturated carbocycles. The van der Waals surface area contributed by atoms with Crippen LogP contribution in [0, 0.1) is 5.41 Å². The molecule has 0 aliphatic carbocycles. The molecule has 7 nitrogen and oxygen atoms in total. The number of hydrogen-bond acceptors (Lipinski definition) is 6. The summed E-state index contributed by atoms with van der Waals surface area (Å²) in [5, 5.41) is 18.0. The highest BCUT2D eigenvalue weighted by atomic mass is 16.3. The number of aromatic amines is 1. The first-order chi connectivity index (χ1) is 12.7. The fraction of sp³-hybridized carbons (Fsp3) is 0.421. The molecule has 1 aliphatic heterocycles. The molecule has 0 radical (unpaired) electrons. The number of fused-ring (bicyclic) bond motifs is 1. The molecule has 0 bridgehead atoms. The molecule has 1 aromatic carbocycles. The molecular formula is C19H24N6O. The number of nitrogen functional groups attached to an aromatic ring is 1. The predicted molar refractivity (Wildman–Crippen MR) is 102 cm³/mol. The number of benzene rings is 1. The summed E-state index contributed by atoms with van der Waals surface area (Å²) in [4.78, 5) is 10.9. The van der Waals surface area contributed by atoms with Crippen molar-refractivity contribution >= 4 is 22.8 Å². The van der Waals surface area contributed by atoms with Crippen LogP contribution in [0.3, 0.4) is 0 Å². The van der Waals surface area contributed by atoms with Crippen LogP contribution in [0.1, 0.15) is 24.8 Å². The van der Waals surface area contributed by atoms with Gasteiger partial charge in [-0.15, -0.1) is 0 Å². The Morgan fingerprint density at radius 1 is 1.23 bits per heavy atom. The number of nitrogens with one attached hydrogen (secondary N) is 1. The molecule has 26 heavy (non-hydrogen) atoms. The number of H-pyrrole nitrogens is 1. The van der Waals surface area contributed by atoms with Crippen molar-refractivity contribution < 1.29 is 5.11 Å². The van der Waals surface area contributed by atoms with E-state index in [-0.39, 0.29) is 18.0 Å². The summed E-state index contributed by atoms with van der Waals surface area (Å²) in [5.74, 6) is 1.04. The minimum Gasteiger partial charge on any atom is -0.396 e. The Bertz CT molecular complexity index is 880. The highest BCUT2D eigenvalue weighted by Gasteiger charge is 2.36. The number of anilines is 2. The fourth-order valence-corrected chi connectivity index (χ4v) is 3.93. The summed E-state index contributed by atoms with van der Waals surface area (Å²) >= 11 is 0. The average Bonchev–Trinajstić information content (AvgIpc) is 3.15. The van der Waals surface area contributed by atoms with E-state index in [0.717, 1.165) is 50.0 Å². The summed E-state index contributed by atoms with van der Waals surface area (Å²) in [6.45, 7) is 1.82. The van der Waals surface area contributed by atoms with E-state index in [2.05, 4.69) is 49.3 Å². The van der Waals surface area contributed by atoms with Gasteiger partial charge in [0, 0.05) is 18.5 Å². The van der Waals surface area contributed by atoms with Gasteiger partial charge in [-0.25, -0.2) is 0 Å². The summed E-state index contributed by atoms with van der Waals surface area (Å²) in [5.41, 5.74) is 7.70. The van der Waals surface area contributed by atoms with Gasteiger partial charge in [0.15, 0.2) is 5.65 Å². The van der Waals surface area contributed by atoms with Crippen molar-refractivity contribution in [3.63, 3.8) is 0 Å². The largest absolute Gasteiger partial charge is 0.396 e. The fourth-order valence-electron chi connectivity index (χ4n) is 3.93. The second kappa shape index (κ2) is 6.92. The summed E-state index contributed by atoms with van der Waals surface area (Å²) in [6.07, 6.45) is 5.67. The van der Waals surface area contributed by atoms with Crippen LogP contribution >= 0.6 is 0 Å². The third-order valence-electron chi connectivity index (χ3n) is 5.39. The molecule has 136 valence electrons. The standard InChI is InChI=1S/C19H24N6O/c20-18-22-16-15(11-21-24-16)17(23-18)25-10-4-8-19(12-25,13-26)9-7-14-5-2-1-3-6-14/h1-3,5-6,11,26H,4,7-10,12-13H2,(H3,20,21,22,23,24). The smallest absolute Gasteiger partial charge is 0.224 e. The lowest BCUT2D eigenvalue weighted by atomic mass is 9.76. The first kappa shape index (κ1) is 16.8. The molecule has 4 N–H and O–H groups in total. The maximum absolute atomic E-state index is 10.2. The van der Waals surface area contributed by atoms with Crippen LogP contribution in [0.25, 0.3) is 11.0 Å². The van der Waals surface area contributed by atoms with Crippen molar-refractivity contribution in [2.45, 2.75) is 25.7 Å². The van der Waals surface area contributed by atoms with Gasteiger partial charge in [0.05, 0.1) is 18.2 Å². The van der Waals surface area contributed by atoms with E-state index < -0.39 is 0 Å². The molecule has 3 aromatic rings. The van der Waals surface area contributed by atoms with Crippen molar-refractivity contribution in [2.75, 3.05) is 30.3 Å². The molecule has 1 fully saturated rings. The zero-order valence-electron chi connectivity index (χ0n) is 14.7. The van der Waals surface area contributed by atoms with E-state index in [0.29, 0.717) is 5.65 Å². The zero-order chi connectivity index (χ0) is 18.0. The van der Waals surface area contributed by atoms with E-state index in [1.165, 1.54) is 5.56 Å². The Labute approximate surface area is 152 Å². The SMILES string of the molecule is Nc1nc(N2CCCC(CO)(CCc3ccccc3)C2)c2cn[nH]c2n1. The minimum atomic E-state index is -0.135. The van der Waals surface area contributed by atoms with Crippen LogP contribution in [0.4, 0.5) is 11.8 Å². The van der Waals surface area contributed by atoms with Gasteiger partial charge in [-0.2, -0.15) is 15.1 Å². The van der Waals surface area contributed by atoms with Gasteiger partial charge < -0.3 is 15.7 Å². The molecule has 1 unspecified atom stereocenters. The van der Waals surface area contributed by atoms with Gasteiger partial charge in [0.25, 0.3) is 0 Å². The monoisotopic (exact) mass is 352 g/mol. The maximum atomic E-state index is 10.2. The van der Waals surface area contributed by atoms with E-state index >= 15 is 0 Å². The lowest BCUT2D eigenvalue weighted by molar-refractivity contribution is 0.0964. The van der Waals surface area contributed by atoms with Gasteiger partial charge in [0.1, 0.15) is 5.82 Å². The van der Waals surface area contributed by atoms with E-state index in [9.17, 15) is 5.11 Å². The summed E-state index contributed by atoms with van der Waals surface area (Å²) < 4.78 is 0. The topological polar surface area (TPSA) is 104 Å². The number of nitrogens with zero attached hydrogens (tertiary/aromatic N) is 4. The Morgan fingerprint density at radius 2 is 2.08 bits per heavy atom. The van der Waals surface area contributed by atoms with Crippen LogP contribution in [0.15, 0.2) is 36.5 Å². The number of piperidine rings is 1. The number of nitrogens with two attached hydrogens (primary N) is 1. The highest BCUT2D eigenvalue weighted by Crippen LogP contribution is 2.37. The van der Waals surface area contributed by atoms with Gasteiger partial charge in [0.2, 0.25) is 5.95 Å². The van der Waals surface area contributed by atoms with Gasteiger partial charge in [-0.3, -0.25) is 5.10 Å². The lowest BCUT2D eigenvalue weighted by Crippen LogP contribution is -2.46. The average molecular weight is 352 g/mol. The van der Waals surface area contributed by atoms with Crippen molar-refractivity contribution in [2.24, 2.45) is 5.41 Å². The molecule has 1 atom stereocenters. The Hall–Kier alpha value is -2.67. The number of aryl methyl sites for hydroxylation is 1. The van der Waals surface area contributed by atoms with Crippen LogP contribution in [-0.2, 0) is 6.42 Å². The van der Waals surface area contributed by atoms with Crippen molar-refractivity contribution in [3.8, 4) is 0 Å². The number of aliphatic hydroxyl groups is 1. The molecular weight excluding hydrogens is 328 g/mol. The van der Waals surface area contributed by atoms with E-state index in [1.807, 2.05) is 6.07 Å². The predicted octanol–water partition coefficient (Wildman–Crippen LogP) is 2.15. The Morgan fingerprint density at radius 3 is 2.88 bits per heavy atom. The van der Waals surface area contributed by atoms with Crippen LogP contribution in [-0.4, -0.2) is 45.0 Å². The van der Waals surface area contributed by atoms with E-state index in [1.54, 1.807) is 6.20 Å². The summed E-state index contributed by atoms with van der Waals surface area (Å²) in [7, 11) is 0. The Balaban J connectivity index is 1.58. The molecule has 0 amide bonds. The van der Waals surface area contributed by atoms with E-state index in [4.69, 9.17) is 5.73 Å². The van der Waals surface area contributed by atoms with Crippen LogP contribution in [0.2, 0.25) is 0 Å². The second-order valence-electron chi connectivity index (χ2n) is 7.21. The zero-order valence-corrected chi connectivity index (χ0v) is 14.7. The highest BCUT2D eigenvalue weighted by molar-refractivity contribution is 5.87. The number of hydrogen-bond donors (Lipinski definition) is 3. The maximum Gasteiger partial charge on any atom is 0.224 e. The van der Waals surface area contributed by atoms with Crippen molar-refractivity contribution in [1.29, 1.82) is 0 Å². The first-order valence-corrected chi connectivity index (χ1v) is 9.05. The number of aromatic nitrogens is 4. The van der Waals surface area contributed by atoms with Crippen LogP contribution in [0.5, 0.6) is 0 Å². The van der Waals surface area contributed by atoms with Crippen LogP contribution < -0.4 is 10.6 Å². The minimum absolute atomic E-state index is 0.135. The molecule has 1 aliphatic rings. The molecule has 2 aromatic heterocycles. The van der Waals surface area contributed by atoms with Gasteiger partial charge >= 0.3 is 0 Å². The summed E-state index contributed by atoms with van der Waals surface area (Å²) in [6, 6.07) is 10.4. The number of aliphatic hydroxyl groups excluding tert-OH is 1. The third kappa shape index (κ3) is 3.22. The Kier molecular flexibility index (Phi) is 4.46. The van der Waals surface area contributed by atoms with Gasteiger partial charge in [-0.1, -0.05) is 30.3 Å². The first-order valence-electron chi connectivity index (χ1n) is 9.05. The number of rotatable bonds is 5. The van der Waals surface area contributed by atoms with Crippen molar-refractivity contribution in [1.82, 2.24) is 20.2 Å². The second-order valence-corrected chi connectivity index (χ2v) is 7.21. The molecule has 0 spiro atoms. The molecule has 1 saturated heterocycles. The van der Waals surface area contributed by atoms with Gasteiger partial charge in [-0.05, 0) is 31.2 Å². The van der Waals surface area contributed by atoms with Crippen molar-refractivity contribution in [3.05, 3.63) is 42.1 Å². The third-order valence-corrected chi connectivity index (χ3v) is 5.39. The quantitative estimate of drug-likeness (QED) is 0.650. The lowest BCUT2D eigenvalue weighted by Gasteiger charge is -2.42. The normalized spacial score (nSPS) is 20.6.